The van der Waals surface area contributed by atoms with Gasteiger partial charge in [0.1, 0.15) is 5.78 Å². The van der Waals surface area contributed by atoms with Crippen LogP contribution in [0.25, 0.3) is 0 Å². The quantitative estimate of drug-likeness (QED) is 0.674. The molecule has 0 aromatic carbocycles. The molecule has 0 spiro atoms. The van der Waals surface area contributed by atoms with Gasteiger partial charge in [-0.1, -0.05) is 6.92 Å². The Labute approximate surface area is 96.9 Å². The van der Waals surface area contributed by atoms with E-state index >= 15 is 0 Å². The molecule has 0 aromatic heterocycles. The molecule has 2 fully saturated rings. The Morgan fingerprint density at radius 2 is 2.12 bits per heavy atom. The number of hydrogen-bond donors (Lipinski definition) is 0. The van der Waals surface area contributed by atoms with Gasteiger partial charge >= 0.3 is 0 Å². The molecule has 92 valence electrons. The number of ketones is 1. The lowest BCUT2D eigenvalue weighted by Gasteiger charge is -2.41. The second-order valence-corrected chi connectivity index (χ2v) is 7.59. The lowest BCUT2D eigenvalue weighted by atomic mass is 9.91. The van der Waals surface area contributed by atoms with Crippen molar-refractivity contribution in [3.05, 3.63) is 0 Å². The Balaban J connectivity index is 2.11. The summed E-state index contributed by atoms with van der Waals surface area (Å²) in [6.07, 6.45) is 1.27. The molecule has 16 heavy (non-hydrogen) atoms. The highest BCUT2D eigenvalue weighted by molar-refractivity contribution is 7.91. The van der Waals surface area contributed by atoms with Crippen LogP contribution in [-0.2, 0) is 14.6 Å². The van der Waals surface area contributed by atoms with E-state index in [1.165, 1.54) is 0 Å². The molecule has 0 aliphatic carbocycles. The third-order valence-corrected chi connectivity index (χ3v) is 5.81. The zero-order chi connectivity index (χ0) is 12.0. The molecule has 0 bridgehead atoms. The van der Waals surface area contributed by atoms with Gasteiger partial charge in [0.2, 0.25) is 0 Å². The van der Waals surface area contributed by atoms with Gasteiger partial charge in [0.15, 0.2) is 9.84 Å². The maximum atomic E-state index is 11.5. The number of rotatable bonds is 1. The third-order valence-electron chi connectivity index (χ3n) is 3.92. The van der Waals surface area contributed by atoms with E-state index in [0.717, 1.165) is 6.54 Å². The smallest absolute Gasteiger partial charge is 0.152 e. The summed E-state index contributed by atoms with van der Waals surface area (Å²) in [6, 6.07) is 0. The predicted octanol–water partition coefficient (Wildman–Crippen LogP) is 0.474. The number of hydrogen-bond acceptors (Lipinski definition) is 4. The molecule has 4 nitrogen and oxygen atoms in total. The van der Waals surface area contributed by atoms with Gasteiger partial charge in [-0.15, -0.1) is 0 Å². The van der Waals surface area contributed by atoms with E-state index in [-0.39, 0.29) is 17.2 Å². The highest BCUT2D eigenvalue weighted by atomic mass is 32.2. The van der Waals surface area contributed by atoms with Gasteiger partial charge < -0.3 is 0 Å². The maximum Gasteiger partial charge on any atom is 0.152 e. The van der Waals surface area contributed by atoms with Crippen LogP contribution in [0.5, 0.6) is 0 Å². The van der Waals surface area contributed by atoms with Gasteiger partial charge in [-0.2, -0.15) is 0 Å². The summed E-state index contributed by atoms with van der Waals surface area (Å²) in [5, 5.41) is 0. The Kier molecular flexibility index (Phi) is 2.87. The van der Waals surface area contributed by atoms with E-state index in [1.807, 2.05) is 13.8 Å². The number of Topliss-reactive ketones (excluding diaryl/α,β-unsaturated/α-hetero) is 1. The van der Waals surface area contributed by atoms with E-state index in [2.05, 4.69) is 4.90 Å². The molecule has 0 radical (unpaired) electrons. The first kappa shape index (κ1) is 12.0. The summed E-state index contributed by atoms with van der Waals surface area (Å²) < 4.78 is 23.1. The van der Waals surface area contributed by atoms with Crippen LogP contribution in [0.2, 0.25) is 0 Å². The Hall–Kier alpha value is -0.420. The van der Waals surface area contributed by atoms with Gasteiger partial charge in [-0.05, 0) is 13.3 Å². The minimum absolute atomic E-state index is 0.0499. The lowest BCUT2D eigenvalue weighted by molar-refractivity contribution is -0.127. The van der Waals surface area contributed by atoms with Crippen LogP contribution >= 0.6 is 0 Å². The number of nitrogens with zero attached hydrogens (tertiary/aromatic N) is 1. The minimum atomic E-state index is -2.86. The third kappa shape index (κ3) is 2.15. The molecule has 2 atom stereocenters. The summed E-state index contributed by atoms with van der Waals surface area (Å²) >= 11 is 0. The molecule has 5 heteroatoms. The van der Waals surface area contributed by atoms with E-state index in [9.17, 15) is 13.2 Å². The molecule has 2 unspecified atom stereocenters. The molecular formula is C11H19NO3S. The fourth-order valence-corrected chi connectivity index (χ4v) is 4.92. The van der Waals surface area contributed by atoms with E-state index < -0.39 is 9.84 Å². The molecule has 0 N–H and O–H groups in total. The molecule has 2 rings (SSSR count). The zero-order valence-electron chi connectivity index (χ0n) is 9.90. The van der Waals surface area contributed by atoms with Crippen LogP contribution in [-0.4, -0.2) is 49.2 Å². The van der Waals surface area contributed by atoms with Gasteiger partial charge in [-0.3, -0.25) is 9.69 Å². The largest absolute Gasteiger partial charge is 0.299 e. The SMILES string of the molecule is CC1CN(C2(C)CCS(=O)(=O)C2)CCC1=O. The van der Waals surface area contributed by atoms with Crippen molar-refractivity contribution in [1.82, 2.24) is 4.90 Å². The van der Waals surface area contributed by atoms with Crippen molar-refractivity contribution in [3.8, 4) is 0 Å². The van der Waals surface area contributed by atoms with Crippen LogP contribution in [0.1, 0.15) is 26.7 Å². The van der Waals surface area contributed by atoms with Crippen LogP contribution in [0, 0.1) is 5.92 Å². The summed E-state index contributed by atoms with van der Waals surface area (Å²) in [5.74, 6) is 0.901. The van der Waals surface area contributed by atoms with Crippen molar-refractivity contribution >= 4 is 15.6 Å². The highest BCUT2D eigenvalue weighted by Crippen LogP contribution is 2.32. The van der Waals surface area contributed by atoms with Crippen molar-refractivity contribution in [3.63, 3.8) is 0 Å². The molecule has 2 aliphatic rings. The number of likely N-dealkylation sites (tertiary alicyclic amines) is 1. The maximum absolute atomic E-state index is 11.5. The van der Waals surface area contributed by atoms with Gasteiger partial charge in [-0.25, -0.2) is 8.42 Å². The first-order valence-corrected chi connectivity index (χ1v) is 7.63. The average Bonchev–Trinajstić information content (AvgIpc) is 2.47. The van der Waals surface area contributed by atoms with Gasteiger partial charge in [0.05, 0.1) is 11.5 Å². The summed E-state index contributed by atoms with van der Waals surface area (Å²) in [7, 11) is -2.86. The van der Waals surface area contributed by atoms with E-state index in [0.29, 0.717) is 30.9 Å². The van der Waals surface area contributed by atoms with Gasteiger partial charge in [0.25, 0.3) is 0 Å². The molecule has 0 aromatic rings. The van der Waals surface area contributed by atoms with E-state index in [1.54, 1.807) is 0 Å². The fraction of sp³-hybridized carbons (Fsp3) is 0.909. The Bertz CT molecular complexity index is 403. The van der Waals surface area contributed by atoms with Crippen molar-refractivity contribution < 1.29 is 13.2 Å². The highest BCUT2D eigenvalue weighted by Gasteiger charge is 2.44. The molecule has 2 heterocycles. The first-order chi connectivity index (χ1) is 7.32. The normalized spacial score (nSPS) is 40.1. The number of carbonyl (C=O) groups excluding carboxylic acids is 1. The average molecular weight is 245 g/mol. The first-order valence-electron chi connectivity index (χ1n) is 5.81. The monoisotopic (exact) mass is 245 g/mol. The second-order valence-electron chi connectivity index (χ2n) is 5.40. The van der Waals surface area contributed by atoms with Gasteiger partial charge in [0, 0.05) is 31.0 Å². The topological polar surface area (TPSA) is 54.5 Å². The standard InChI is InChI=1S/C11H19NO3S/c1-9-7-12(5-3-10(9)13)11(2)4-6-16(14,15)8-11/h9H,3-8H2,1-2H3. The molecule has 0 saturated carbocycles. The second kappa shape index (κ2) is 3.81. The van der Waals surface area contributed by atoms with Crippen LogP contribution in [0.4, 0.5) is 0 Å². The number of carbonyl (C=O) groups is 1. The van der Waals surface area contributed by atoms with Crippen molar-refractivity contribution in [2.24, 2.45) is 5.92 Å². The van der Waals surface area contributed by atoms with E-state index in [4.69, 9.17) is 0 Å². The summed E-state index contributed by atoms with van der Waals surface area (Å²) in [5.41, 5.74) is -0.242. The lowest BCUT2D eigenvalue weighted by Crippen LogP contribution is -2.53. The minimum Gasteiger partial charge on any atom is -0.299 e. The molecule has 2 saturated heterocycles. The van der Waals surface area contributed by atoms with Crippen molar-refractivity contribution in [1.29, 1.82) is 0 Å². The molecular weight excluding hydrogens is 226 g/mol. The zero-order valence-corrected chi connectivity index (χ0v) is 10.7. The van der Waals surface area contributed by atoms with Crippen LogP contribution < -0.4 is 0 Å². The molecule has 2 aliphatic heterocycles. The molecule has 0 amide bonds. The number of piperidine rings is 1. The van der Waals surface area contributed by atoms with Crippen LogP contribution in [0.15, 0.2) is 0 Å². The van der Waals surface area contributed by atoms with Crippen molar-refractivity contribution in [2.75, 3.05) is 24.6 Å². The fourth-order valence-electron chi connectivity index (χ4n) is 2.75. The van der Waals surface area contributed by atoms with Crippen molar-refractivity contribution in [2.45, 2.75) is 32.2 Å². The number of sulfone groups is 1. The Morgan fingerprint density at radius 3 is 2.62 bits per heavy atom. The summed E-state index contributed by atoms with van der Waals surface area (Å²) in [6.45, 7) is 5.38. The Morgan fingerprint density at radius 1 is 1.44 bits per heavy atom. The predicted molar refractivity (Wildman–Crippen MR) is 62.0 cm³/mol. The van der Waals surface area contributed by atoms with Crippen LogP contribution in [0.3, 0.4) is 0 Å². The summed E-state index contributed by atoms with van der Waals surface area (Å²) in [4.78, 5) is 13.6.